The number of rotatable bonds is 8. The van der Waals surface area contributed by atoms with E-state index in [9.17, 15) is 18.0 Å². The maximum atomic E-state index is 13.7. The third kappa shape index (κ3) is 5.06. The second kappa shape index (κ2) is 9.56. The Morgan fingerprint density at radius 3 is 2.73 bits per heavy atom. The van der Waals surface area contributed by atoms with Crippen molar-refractivity contribution in [3.63, 3.8) is 0 Å². The summed E-state index contributed by atoms with van der Waals surface area (Å²) in [6.45, 7) is 4.20. The lowest BCUT2D eigenvalue weighted by Crippen LogP contribution is -2.15. The number of alkyl halides is 3. The van der Waals surface area contributed by atoms with E-state index in [0.29, 0.717) is 9.39 Å². The van der Waals surface area contributed by atoms with Gasteiger partial charge in [-0.25, -0.2) is 9.50 Å². The van der Waals surface area contributed by atoms with Crippen LogP contribution in [0.4, 0.5) is 18.3 Å². The van der Waals surface area contributed by atoms with Gasteiger partial charge in [-0.3, -0.25) is 10.1 Å². The Morgan fingerprint density at radius 2 is 2.06 bits per heavy atom. The molecule has 1 amide bonds. The largest absolute Gasteiger partial charge is 0.433 e. The summed E-state index contributed by atoms with van der Waals surface area (Å²) in [6.07, 6.45) is -0.624. The molecule has 0 saturated carbocycles. The second-order valence-electron chi connectivity index (χ2n) is 7.45. The number of unbranched alkanes of at least 4 members (excludes halogenated alkanes) is 1. The topological polar surface area (TPSA) is 85.1 Å². The third-order valence-corrected chi connectivity index (χ3v) is 7.03. The predicted molar refractivity (Wildman–Crippen MR) is 122 cm³/mol. The molecule has 0 radical (unpaired) electrons. The number of hydrogen-bond acceptors (Lipinski definition) is 7. The molecule has 0 aliphatic carbocycles. The molecule has 12 heteroatoms. The summed E-state index contributed by atoms with van der Waals surface area (Å²) in [7, 11) is 0. The van der Waals surface area contributed by atoms with Crippen molar-refractivity contribution in [3.8, 4) is 10.6 Å². The highest BCUT2D eigenvalue weighted by Crippen LogP contribution is 2.34. The molecule has 4 aromatic heterocycles. The fourth-order valence-electron chi connectivity index (χ4n) is 3.40. The summed E-state index contributed by atoms with van der Waals surface area (Å²) in [5, 5.41) is 17.6. The van der Waals surface area contributed by atoms with Crippen LogP contribution in [0.3, 0.4) is 0 Å². The Labute approximate surface area is 195 Å². The van der Waals surface area contributed by atoms with Crippen LogP contribution < -0.4 is 5.32 Å². The van der Waals surface area contributed by atoms with Crippen LogP contribution in [0.15, 0.2) is 29.6 Å². The number of nitrogens with one attached hydrogen (secondary N) is 1. The average Bonchev–Trinajstić information content (AvgIpc) is 3.53. The molecule has 0 fully saturated rings. The molecule has 174 valence electrons. The molecule has 7 nitrogen and oxygen atoms in total. The number of halogens is 3. The summed E-state index contributed by atoms with van der Waals surface area (Å²) in [5.41, 5.74) is -1.09. The summed E-state index contributed by atoms with van der Waals surface area (Å²) >= 11 is 2.55. The minimum absolute atomic E-state index is 0.0676. The monoisotopic (exact) mass is 494 g/mol. The van der Waals surface area contributed by atoms with Crippen LogP contribution in [-0.2, 0) is 6.18 Å². The van der Waals surface area contributed by atoms with Crippen LogP contribution in [0.1, 0.15) is 66.6 Å². The Hall–Kier alpha value is -2.86. The second-order valence-corrected chi connectivity index (χ2v) is 9.41. The predicted octanol–water partition coefficient (Wildman–Crippen LogP) is 6.26. The number of aromatic nitrogens is 5. The molecule has 0 aliphatic rings. The minimum Gasteiger partial charge on any atom is -0.295 e. The molecule has 0 aliphatic heterocycles. The minimum atomic E-state index is -4.67. The van der Waals surface area contributed by atoms with E-state index in [1.165, 1.54) is 28.7 Å². The first kappa shape index (κ1) is 23.3. The Bertz CT molecular complexity index is 1250. The maximum Gasteiger partial charge on any atom is 0.433 e. The zero-order valence-electron chi connectivity index (χ0n) is 17.9. The molecule has 0 spiro atoms. The number of amides is 1. The maximum absolute atomic E-state index is 13.7. The average molecular weight is 495 g/mol. The first-order valence-electron chi connectivity index (χ1n) is 10.5. The molecule has 1 N–H and O–H groups in total. The highest BCUT2D eigenvalue weighted by atomic mass is 32.1. The zero-order chi connectivity index (χ0) is 23.6. The van der Waals surface area contributed by atoms with Crippen molar-refractivity contribution in [3.05, 3.63) is 46.0 Å². The summed E-state index contributed by atoms with van der Waals surface area (Å²) in [4.78, 5) is 17.6. The Kier molecular flexibility index (Phi) is 6.75. The van der Waals surface area contributed by atoms with Gasteiger partial charge in [-0.05, 0) is 30.4 Å². The van der Waals surface area contributed by atoms with Crippen LogP contribution in [0.25, 0.3) is 16.2 Å². The van der Waals surface area contributed by atoms with E-state index in [1.54, 1.807) is 17.5 Å². The van der Waals surface area contributed by atoms with Gasteiger partial charge in [0.05, 0.1) is 10.6 Å². The first-order chi connectivity index (χ1) is 15.8. The van der Waals surface area contributed by atoms with E-state index in [-0.39, 0.29) is 28.1 Å². The van der Waals surface area contributed by atoms with Gasteiger partial charge in [0.2, 0.25) is 5.13 Å². The van der Waals surface area contributed by atoms with Gasteiger partial charge < -0.3 is 0 Å². The van der Waals surface area contributed by atoms with Crippen molar-refractivity contribution < 1.29 is 18.0 Å². The number of carbonyl (C=O) groups excluding carboxylic acids is 1. The molecular weight excluding hydrogens is 473 g/mol. The highest BCUT2D eigenvalue weighted by Gasteiger charge is 2.36. The molecule has 0 unspecified atom stereocenters. The lowest BCUT2D eigenvalue weighted by Gasteiger charge is -2.10. The van der Waals surface area contributed by atoms with Crippen molar-refractivity contribution in [1.82, 2.24) is 24.8 Å². The molecule has 1 atom stereocenters. The summed E-state index contributed by atoms with van der Waals surface area (Å²) in [5.74, 6) is -0.409. The van der Waals surface area contributed by atoms with Crippen molar-refractivity contribution in [2.75, 3.05) is 5.32 Å². The van der Waals surface area contributed by atoms with Gasteiger partial charge in [0.15, 0.2) is 17.0 Å². The fourth-order valence-corrected chi connectivity index (χ4v) is 5.04. The number of fused-ring (bicyclic) bond motifs is 1. The number of thiophene rings is 1. The van der Waals surface area contributed by atoms with Gasteiger partial charge in [0.1, 0.15) is 5.01 Å². The van der Waals surface area contributed by atoms with Gasteiger partial charge in [0.25, 0.3) is 5.91 Å². The molecule has 0 aromatic carbocycles. The van der Waals surface area contributed by atoms with Crippen molar-refractivity contribution in [1.29, 1.82) is 0 Å². The molecule has 0 saturated heterocycles. The van der Waals surface area contributed by atoms with E-state index in [0.717, 1.165) is 36.8 Å². The van der Waals surface area contributed by atoms with E-state index in [2.05, 4.69) is 39.4 Å². The van der Waals surface area contributed by atoms with Gasteiger partial charge in [-0.2, -0.15) is 18.3 Å². The molecule has 4 heterocycles. The van der Waals surface area contributed by atoms with E-state index in [1.807, 2.05) is 0 Å². The normalized spacial score (nSPS) is 12.9. The number of carbonyl (C=O) groups is 1. The van der Waals surface area contributed by atoms with Gasteiger partial charge >= 0.3 is 6.18 Å². The Balaban J connectivity index is 1.62. The first-order valence-corrected chi connectivity index (χ1v) is 12.2. The fraction of sp³-hybridized carbons (Fsp3) is 0.381. The standard InChI is InChI=1S/C21H21F3N6OS2/c1-3-5-7-12(4-2)19-27-28-20(33-19)26-18(31)14-11-17-25-13(15-8-6-9-32-15)10-16(21(22,23)24)30(17)29-14/h6,8-12H,3-5,7H2,1-2H3,(H,26,28,31)/t12-/m0/s1. The number of nitrogens with zero attached hydrogens (tertiary/aromatic N) is 5. The van der Waals surface area contributed by atoms with Crippen LogP contribution >= 0.6 is 22.7 Å². The zero-order valence-corrected chi connectivity index (χ0v) is 19.5. The molecular formula is C21H21F3N6OS2. The lowest BCUT2D eigenvalue weighted by atomic mass is 10.0. The van der Waals surface area contributed by atoms with Crippen LogP contribution in [0.2, 0.25) is 0 Å². The molecule has 0 bridgehead atoms. The van der Waals surface area contributed by atoms with E-state index >= 15 is 0 Å². The quantitative estimate of drug-likeness (QED) is 0.312. The summed E-state index contributed by atoms with van der Waals surface area (Å²) in [6, 6.07) is 5.59. The van der Waals surface area contributed by atoms with Crippen LogP contribution in [0.5, 0.6) is 0 Å². The summed E-state index contributed by atoms with van der Waals surface area (Å²) < 4.78 is 41.7. The molecule has 4 rings (SSSR count). The highest BCUT2D eigenvalue weighted by molar-refractivity contribution is 7.15. The van der Waals surface area contributed by atoms with Crippen LogP contribution in [-0.4, -0.2) is 30.7 Å². The van der Waals surface area contributed by atoms with E-state index in [4.69, 9.17) is 0 Å². The van der Waals surface area contributed by atoms with Gasteiger partial charge in [-0.15, -0.1) is 21.5 Å². The van der Waals surface area contributed by atoms with Crippen molar-refractivity contribution in [2.45, 2.75) is 51.6 Å². The smallest absolute Gasteiger partial charge is 0.295 e. The lowest BCUT2D eigenvalue weighted by molar-refractivity contribution is -0.142. The van der Waals surface area contributed by atoms with Gasteiger partial charge in [-0.1, -0.05) is 44.1 Å². The van der Waals surface area contributed by atoms with Crippen molar-refractivity contribution >= 4 is 39.4 Å². The third-order valence-electron chi connectivity index (χ3n) is 5.13. The van der Waals surface area contributed by atoms with Crippen LogP contribution in [0, 0.1) is 0 Å². The number of anilines is 1. The number of hydrogen-bond donors (Lipinski definition) is 1. The van der Waals surface area contributed by atoms with Gasteiger partial charge in [0, 0.05) is 12.0 Å². The van der Waals surface area contributed by atoms with Crippen molar-refractivity contribution in [2.24, 2.45) is 0 Å². The Morgan fingerprint density at radius 1 is 1.24 bits per heavy atom. The molecule has 4 aromatic rings. The SMILES string of the molecule is CCCC[C@H](CC)c1nnc(NC(=O)c2cc3nc(-c4cccs4)cc(C(F)(F)F)n3n2)s1. The van der Waals surface area contributed by atoms with E-state index < -0.39 is 17.8 Å². The molecule has 33 heavy (non-hydrogen) atoms.